The van der Waals surface area contributed by atoms with Crippen molar-refractivity contribution >= 4 is 34.0 Å². The van der Waals surface area contributed by atoms with Gasteiger partial charge in [0.2, 0.25) is 0 Å². The fraction of sp³-hybridized carbons (Fsp3) is 0.600. The van der Waals surface area contributed by atoms with Gasteiger partial charge in [-0.15, -0.1) is 0 Å². The van der Waals surface area contributed by atoms with E-state index in [-0.39, 0.29) is 0 Å². The molecule has 1 aromatic rings. The predicted molar refractivity (Wildman–Crippen MR) is 87.8 cm³/mol. The van der Waals surface area contributed by atoms with Crippen molar-refractivity contribution in [3.8, 4) is 0 Å². The quantitative estimate of drug-likeness (QED) is 0.608. The molecule has 0 radical (unpaired) electrons. The molecule has 2 nitrogen and oxygen atoms in total. The van der Waals surface area contributed by atoms with Crippen LogP contribution in [0.1, 0.15) is 45.4 Å². The van der Waals surface area contributed by atoms with E-state index in [1.54, 1.807) is 0 Å². The first-order valence-corrected chi connectivity index (χ1v) is 8.10. The number of benzene rings is 1. The van der Waals surface area contributed by atoms with Crippen molar-refractivity contribution in [1.82, 2.24) is 0 Å². The summed E-state index contributed by atoms with van der Waals surface area (Å²) in [4.78, 5) is 0. The molecule has 1 aliphatic rings. The Kier molecular flexibility index (Phi) is 5.15. The molecule has 0 saturated heterocycles. The number of anilines is 2. The molecule has 0 aromatic heterocycles. The van der Waals surface area contributed by atoms with E-state index in [4.69, 9.17) is 5.73 Å². The predicted octanol–water partition coefficient (Wildman–Crippen LogP) is 4.64. The highest BCUT2D eigenvalue weighted by Gasteiger charge is 2.22. The van der Waals surface area contributed by atoms with Crippen molar-refractivity contribution in [2.75, 3.05) is 11.1 Å². The molecule has 1 unspecified atom stereocenters. The van der Waals surface area contributed by atoms with Crippen molar-refractivity contribution in [2.45, 2.75) is 51.5 Å². The highest BCUT2D eigenvalue weighted by molar-refractivity contribution is 14.1. The molecule has 1 fully saturated rings. The first kappa shape index (κ1) is 14.0. The second kappa shape index (κ2) is 6.64. The minimum Gasteiger partial charge on any atom is -0.397 e. The normalized spacial score (nSPS) is 18.6. The van der Waals surface area contributed by atoms with Crippen LogP contribution in [0.2, 0.25) is 0 Å². The van der Waals surface area contributed by atoms with Gasteiger partial charge >= 0.3 is 0 Å². The van der Waals surface area contributed by atoms with Gasteiger partial charge in [-0.05, 0) is 66.0 Å². The standard InChI is InChI=1S/C15H23IN2/c1-2-14(11-6-4-3-5-7-11)18-15-9-8-12(16)10-13(15)17/h8-11,14,18H,2-7,17H2,1H3. The first-order valence-electron chi connectivity index (χ1n) is 7.02. The Labute approximate surface area is 124 Å². The maximum atomic E-state index is 6.09. The zero-order chi connectivity index (χ0) is 13.0. The SMILES string of the molecule is CCC(Nc1ccc(I)cc1N)C1CCCCC1. The average molecular weight is 358 g/mol. The molecule has 1 atom stereocenters. The Morgan fingerprint density at radius 1 is 1.33 bits per heavy atom. The summed E-state index contributed by atoms with van der Waals surface area (Å²) in [6, 6.07) is 6.85. The zero-order valence-corrected chi connectivity index (χ0v) is 13.2. The van der Waals surface area contributed by atoms with Gasteiger partial charge in [0, 0.05) is 9.61 Å². The Morgan fingerprint density at radius 3 is 2.67 bits per heavy atom. The van der Waals surface area contributed by atoms with E-state index in [9.17, 15) is 0 Å². The summed E-state index contributed by atoms with van der Waals surface area (Å²) < 4.78 is 1.20. The summed E-state index contributed by atoms with van der Waals surface area (Å²) >= 11 is 2.30. The van der Waals surface area contributed by atoms with E-state index < -0.39 is 0 Å². The van der Waals surface area contributed by atoms with Crippen LogP contribution in [0.25, 0.3) is 0 Å². The van der Waals surface area contributed by atoms with Crippen molar-refractivity contribution in [3.63, 3.8) is 0 Å². The van der Waals surface area contributed by atoms with Gasteiger partial charge in [0.1, 0.15) is 0 Å². The fourth-order valence-corrected chi connectivity index (χ4v) is 3.47. The van der Waals surface area contributed by atoms with Crippen molar-refractivity contribution in [3.05, 3.63) is 21.8 Å². The minimum atomic E-state index is 0.577. The topological polar surface area (TPSA) is 38.0 Å². The summed E-state index contributed by atoms with van der Waals surface area (Å²) in [5.74, 6) is 0.822. The minimum absolute atomic E-state index is 0.577. The third kappa shape index (κ3) is 3.53. The maximum absolute atomic E-state index is 6.09. The second-order valence-electron chi connectivity index (χ2n) is 5.29. The van der Waals surface area contributed by atoms with Crippen LogP contribution in [0.5, 0.6) is 0 Å². The maximum Gasteiger partial charge on any atom is 0.0576 e. The summed E-state index contributed by atoms with van der Waals surface area (Å²) in [6.45, 7) is 2.27. The molecule has 100 valence electrons. The highest BCUT2D eigenvalue weighted by atomic mass is 127. The molecule has 18 heavy (non-hydrogen) atoms. The fourth-order valence-electron chi connectivity index (χ4n) is 2.95. The lowest BCUT2D eigenvalue weighted by Gasteiger charge is -2.31. The van der Waals surface area contributed by atoms with Crippen molar-refractivity contribution < 1.29 is 0 Å². The van der Waals surface area contributed by atoms with Gasteiger partial charge < -0.3 is 11.1 Å². The van der Waals surface area contributed by atoms with E-state index in [0.717, 1.165) is 17.3 Å². The zero-order valence-electron chi connectivity index (χ0n) is 11.1. The van der Waals surface area contributed by atoms with E-state index in [2.05, 4.69) is 47.0 Å². The molecule has 2 rings (SSSR count). The second-order valence-corrected chi connectivity index (χ2v) is 6.53. The molecule has 1 aliphatic carbocycles. The highest BCUT2D eigenvalue weighted by Crippen LogP contribution is 2.31. The summed E-state index contributed by atoms with van der Waals surface area (Å²) in [5.41, 5.74) is 8.06. The monoisotopic (exact) mass is 358 g/mol. The Morgan fingerprint density at radius 2 is 2.06 bits per heavy atom. The summed E-state index contributed by atoms with van der Waals surface area (Å²) in [7, 11) is 0. The van der Waals surface area contributed by atoms with Gasteiger partial charge in [-0.1, -0.05) is 26.2 Å². The lowest BCUT2D eigenvalue weighted by atomic mass is 9.83. The van der Waals surface area contributed by atoms with Crippen LogP contribution >= 0.6 is 22.6 Å². The van der Waals surface area contributed by atoms with Gasteiger partial charge in [0.05, 0.1) is 11.4 Å². The van der Waals surface area contributed by atoms with Crippen LogP contribution in [0, 0.1) is 9.49 Å². The molecule has 1 saturated carbocycles. The number of halogens is 1. The Balaban J connectivity index is 2.04. The van der Waals surface area contributed by atoms with Crippen LogP contribution < -0.4 is 11.1 Å². The Bertz CT molecular complexity index is 386. The number of nitrogens with two attached hydrogens (primary N) is 1. The number of hydrogen-bond donors (Lipinski definition) is 2. The first-order chi connectivity index (χ1) is 8.70. The third-order valence-electron chi connectivity index (χ3n) is 4.01. The molecule has 0 aliphatic heterocycles. The molecule has 0 bridgehead atoms. The lowest BCUT2D eigenvalue weighted by molar-refractivity contribution is 0.313. The molecule has 3 heteroatoms. The molecule has 0 spiro atoms. The average Bonchev–Trinajstić information content (AvgIpc) is 2.39. The molecule has 1 aromatic carbocycles. The van der Waals surface area contributed by atoms with E-state index in [1.807, 2.05) is 6.07 Å². The van der Waals surface area contributed by atoms with Gasteiger partial charge in [-0.2, -0.15) is 0 Å². The van der Waals surface area contributed by atoms with Crippen LogP contribution in [-0.4, -0.2) is 6.04 Å². The van der Waals surface area contributed by atoms with Crippen LogP contribution in [-0.2, 0) is 0 Å². The van der Waals surface area contributed by atoms with Crippen LogP contribution in [0.4, 0.5) is 11.4 Å². The van der Waals surface area contributed by atoms with Gasteiger partial charge in [0.15, 0.2) is 0 Å². The Hall–Kier alpha value is -0.450. The largest absolute Gasteiger partial charge is 0.397 e. The molecule has 0 heterocycles. The van der Waals surface area contributed by atoms with Crippen molar-refractivity contribution in [1.29, 1.82) is 0 Å². The summed E-state index contributed by atoms with van der Waals surface area (Å²) in [6.07, 6.45) is 8.12. The number of rotatable bonds is 4. The molecule has 3 N–H and O–H groups in total. The van der Waals surface area contributed by atoms with Crippen LogP contribution in [0.3, 0.4) is 0 Å². The molecule has 0 amide bonds. The number of nitrogen functional groups attached to an aromatic ring is 1. The van der Waals surface area contributed by atoms with Gasteiger partial charge in [0.25, 0.3) is 0 Å². The van der Waals surface area contributed by atoms with Crippen molar-refractivity contribution in [2.24, 2.45) is 5.92 Å². The van der Waals surface area contributed by atoms with Gasteiger partial charge in [-0.3, -0.25) is 0 Å². The van der Waals surface area contributed by atoms with E-state index in [1.165, 1.54) is 42.1 Å². The number of hydrogen-bond acceptors (Lipinski definition) is 2. The lowest BCUT2D eigenvalue weighted by Crippen LogP contribution is -2.30. The van der Waals surface area contributed by atoms with Crippen LogP contribution in [0.15, 0.2) is 18.2 Å². The van der Waals surface area contributed by atoms with E-state index in [0.29, 0.717) is 6.04 Å². The molecular formula is C15H23IN2. The van der Waals surface area contributed by atoms with Gasteiger partial charge in [-0.25, -0.2) is 0 Å². The number of nitrogens with one attached hydrogen (secondary N) is 1. The van der Waals surface area contributed by atoms with E-state index >= 15 is 0 Å². The smallest absolute Gasteiger partial charge is 0.0576 e. The molecular weight excluding hydrogens is 335 g/mol. The third-order valence-corrected chi connectivity index (χ3v) is 4.68. The summed E-state index contributed by atoms with van der Waals surface area (Å²) in [5, 5.41) is 3.67.